The zero-order valence-corrected chi connectivity index (χ0v) is 10.5. The van der Waals surface area contributed by atoms with Gasteiger partial charge < -0.3 is 9.64 Å². The van der Waals surface area contributed by atoms with Gasteiger partial charge in [-0.25, -0.2) is 4.98 Å². The molecular formula is C12H18ClN2O+. The molecular weight excluding hydrogens is 224 g/mol. The van der Waals surface area contributed by atoms with Crippen LogP contribution < -0.4 is 4.90 Å². The maximum absolute atomic E-state index is 5.76. The lowest BCUT2D eigenvalue weighted by atomic mass is 10.2. The first-order valence-corrected chi connectivity index (χ1v) is 6.10. The van der Waals surface area contributed by atoms with Crippen molar-refractivity contribution in [3.05, 3.63) is 29.0 Å². The van der Waals surface area contributed by atoms with Gasteiger partial charge in [-0.1, -0.05) is 11.6 Å². The van der Waals surface area contributed by atoms with Crippen molar-refractivity contribution in [3.8, 4) is 0 Å². The molecule has 0 aliphatic carbocycles. The SMILES string of the molecule is C[C@@H]1C[NH+](Cc2ccc(Cl)nc2)C[C@@H](C)O1. The van der Waals surface area contributed by atoms with Gasteiger partial charge in [0.15, 0.2) is 0 Å². The fraction of sp³-hybridized carbons (Fsp3) is 0.583. The largest absolute Gasteiger partial charge is 0.364 e. The number of halogens is 1. The van der Waals surface area contributed by atoms with E-state index in [-0.39, 0.29) is 0 Å². The first kappa shape index (κ1) is 11.8. The van der Waals surface area contributed by atoms with Crippen LogP contribution >= 0.6 is 11.6 Å². The van der Waals surface area contributed by atoms with E-state index < -0.39 is 0 Å². The van der Waals surface area contributed by atoms with Crippen LogP contribution in [0.2, 0.25) is 5.15 Å². The molecule has 1 aliphatic rings. The second-order valence-electron chi connectivity index (χ2n) is 4.58. The Kier molecular flexibility index (Phi) is 3.79. The Bertz CT molecular complexity index is 331. The normalized spacial score (nSPS) is 30.3. The van der Waals surface area contributed by atoms with Gasteiger partial charge in [0, 0.05) is 11.8 Å². The van der Waals surface area contributed by atoms with Crippen molar-refractivity contribution >= 4 is 11.6 Å². The number of hydrogen-bond acceptors (Lipinski definition) is 2. The second kappa shape index (κ2) is 5.13. The van der Waals surface area contributed by atoms with Crippen molar-refractivity contribution in [2.75, 3.05) is 13.1 Å². The second-order valence-corrected chi connectivity index (χ2v) is 4.97. The molecule has 88 valence electrons. The molecule has 0 bridgehead atoms. The summed E-state index contributed by atoms with van der Waals surface area (Å²) in [6, 6.07) is 3.90. The van der Waals surface area contributed by atoms with Crippen molar-refractivity contribution in [2.45, 2.75) is 32.6 Å². The Morgan fingerprint density at radius 1 is 1.38 bits per heavy atom. The van der Waals surface area contributed by atoms with Gasteiger partial charge in [0.05, 0.1) is 0 Å². The molecule has 2 rings (SSSR count). The molecule has 3 nitrogen and oxygen atoms in total. The van der Waals surface area contributed by atoms with Crippen LogP contribution in [-0.4, -0.2) is 30.3 Å². The van der Waals surface area contributed by atoms with Crippen LogP contribution in [0.4, 0.5) is 0 Å². The number of nitrogens with zero attached hydrogens (tertiary/aromatic N) is 1. The Morgan fingerprint density at radius 3 is 2.62 bits per heavy atom. The zero-order chi connectivity index (χ0) is 11.5. The summed E-state index contributed by atoms with van der Waals surface area (Å²) >= 11 is 5.76. The predicted molar refractivity (Wildman–Crippen MR) is 63.7 cm³/mol. The number of aromatic nitrogens is 1. The highest BCUT2D eigenvalue weighted by atomic mass is 35.5. The Hall–Kier alpha value is -0.640. The van der Waals surface area contributed by atoms with Gasteiger partial charge in [0.1, 0.15) is 37.0 Å². The molecule has 1 aromatic rings. The summed E-state index contributed by atoms with van der Waals surface area (Å²) in [5.41, 5.74) is 1.24. The first-order valence-electron chi connectivity index (χ1n) is 5.73. The molecule has 1 N–H and O–H groups in total. The Labute approximate surface area is 101 Å². The number of pyridine rings is 1. The van der Waals surface area contributed by atoms with E-state index in [0.717, 1.165) is 19.6 Å². The van der Waals surface area contributed by atoms with Crippen LogP contribution in [-0.2, 0) is 11.3 Å². The quantitative estimate of drug-likeness (QED) is 0.780. The Morgan fingerprint density at radius 2 is 2.06 bits per heavy atom. The van der Waals surface area contributed by atoms with Crippen LogP contribution in [0, 0.1) is 0 Å². The van der Waals surface area contributed by atoms with Crippen LogP contribution in [0.15, 0.2) is 18.3 Å². The Balaban J connectivity index is 1.96. The van der Waals surface area contributed by atoms with Crippen molar-refractivity contribution in [3.63, 3.8) is 0 Å². The lowest BCUT2D eigenvalue weighted by Crippen LogP contribution is -3.14. The highest BCUT2D eigenvalue weighted by molar-refractivity contribution is 6.29. The van der Waals surface area contributed by atoms with E-state index in [9.17, 15) is 0 Å². The van der Waals surface area contributed by atoms with E-state index >= 15 is 0 Å². The predicted octanol–water partition coefficient (Wildman–Crippen LogP) is 0.927. The van der Waals surface area contributed by atoms with Crippen LogP contribution in [0.1, 0.15) is 19.4 Å². The number of ether oxygens (including phenoxy) is 1. The maximum atomic E-state index is 5.76. The average molecular weight is 242 g/mol. The van der Waals surface area contributed by atoms with E-state index in [1.165, 1.54) is 5.56 Å². The lowest BCUT2D eigenvalue weighted by molar-refractivity contribution is -0.928. The van der Waals surface area contributed by atoms with Gasteiger partial charge in [-0.05, 0) is 26.0 Å². The van der Waals surface area contributed by atoms with Crippen LogP contribution in [0.25, 0.3) is 0 Å². The fourth-order valence-corrected chi connectivity index (χ4v) is 2.45. The lowest BCUT2D eigenvalue weighted by Gasteiger charge is -2.32. The number of quaternary nitrogens is 1. The van der Waals surface area contributed by atoms with E-state index in [2.05, 4.69) is 18.8 Å². The third-order valence-corrected chi connectivity index (χ3v) is 3.08. The number of nitrogens with one attached hydrogen (secondary N) is 1. The maximum Gasteiger partial charge on any atom is 0.129 e. The van der Waals surface area contributed by atoms with Gasteiger partial charge >= 0.3 is 0 Å². The molecule has 2 atom stereocenters. The highest BCUT2D eigenvalue weighted by Gasteiger charge is 2.25. The summed E-state index contributed by atoms with van der Waals surface area (Å²) in [5.74, 6) is 0. The molecule has 1 aromatic heterocycles. The first-order chi connectivity index (χ1) is 7.63. The minimum Gasteiger partial charge on any atom is -0.364 e. The highest BCUT2D eigenvalue weighted by Crippen LogP contribution is 2.05. The number of morpholine rings is 1. The van der Waals surface area contributed by atoms with E-state index in [0.29, 0.717) is 17.4 Å². The minimum atomic E-state index is 0.346. The molecule has 0 unspecified atom stereocenters. The molecule has 0 spiro atoms. The summed E-state index contributed by atoms with van der Waals surface area (Å²) < 4.78 is 5.72. The van der Waals surface area contributed by atoms with Gasteiger partial charge in [-0.15, -0.1) is 0 Å². The smallest absolute Gasteiger partial charge is 0.129 e. The van der Waals surface area contributed by atoms with Gasteiger partial charge in [0.25, 0.3) is 0 Å². The molecule has 1 saturated heterocycles. The molecule has 0 aromatic carbocycles. The molecule has 1 fully saturated rings. The van der Waals surface area contributed by atoms with Gasteiger partial charge in [0.2, 0.25) is 0 Å². The number of rotatable bonds is 2. The molecule has 2 heterocycles. The third kappa shape index (κ3) is 3.17. The molecule has 1 aliphatic heterocycles. The summed E-state index contributed by atoms with van der Waals surface area (Å²) in [4.78, 5) is 5.65. The van der Waals surface area contributed by atoms with Crippen LogP contribution in [0.5, 0.6) is 0 Å². The summed E-state index contributed by atoms with van der Waals surface area (Å²) in [6.07, 6.45) is 2.55. The summed E-state index contributed by atoms with van der Waals surface area (Å²) in [5, 5.41) is 0.558. The van der Waals surface area contributed by atoms with Crippen molar-refractivity contribution in [1.29, 1.82) is 0 Å². The topological polar surface area (TPSA) is 26.6 Å². The van der Waals surface area contributed by atoms with Crippen molar-refractivity contribution in [2.24, 2.45) is 0 Å². The van der Waals surface area contributed by atoms with Crippen LogP contribution in [0.3, 0.4) is 0 Å². The van der Waals surface area contributed by atoms with Gasteiger partial charge in [-0.2, -0.15) is 0 Å². The van der Waals surface area contributed by atoms with Crippen molar-refractivity contribution in [1.82, 2.24) is 4.98 Å². The average Bonchev–Trinajstić information content (AvgIpc) is 2.20. The number of hydrogen-bond donors (Lipinski definition) is 1. The molecule has 16 heavy (non-hydrogen) atoms. The standard InChI is InChI=1S/C12H17ClN2O/c1-9-6-15(7-10(2)16-9)8-11-3-4-12(13)14-5-11/h3-5,9-10H,6-8H2,1-2H3/p+1/t9-,10-/m1/s1. The fourth-order valence-electron chi connectivity index (χ4n) is 2.33. The van der Waals surface area contributed by atoms with E-state index in [4.69, 9.17) is 16.3 Å². The van der Waals surface area contributed by atoms with Crippen molar-refractivity contribution < 1.29 is 9.64 Å². The zero-order valence-electron chi connectivity index (χ0n) is 9.74. The minimum absolute atomic E-state index is 0.346. The molecule has 0 radical (unpaired) electrons. The summed E-state index contributed by atoms with van der Waals surface area (Å²) in [6.45, 7) is 7.40. The molecule has 0 amide bonds. The van der Waals surface area contributed by atoms with E-state index in [1.807, 2.05) is 18.3 Å². The molecule has 4 heteroatoms. The van der Waals surface area contributed by atoms with E-state index in [1.54, 1.807) is 4.90 Å². The van der Waals surface area contributed by atoms with Gasteiger partial charge in [-0.3, -0.25) is 0 Å². The summed E-state index contributed by atoms with van der Waals surface area (Å²) in [7, 11) is 0. The monoisotopic (exact) mass is 241 g/mol. The third-order valence-electron chi connectivity index (χ3n) is 2.86. The molecule has 0 saturated carbocycles.